The summed E-state index contributed by atoms with van der Waals surface area (Å²) in [6.45, 7) is 6.78. The van der Waals surface area contributed by atoms with Crippen LogP contribution in [0.5, 0.6) is 0 Å². The molecule has 144 valence electrons. The fourth-order valence-corrected chi connectivity index (χ4v) is 3.30. The van der Waals surface area contributed by atoms with E-state index in [0.29, 0.717) is 18.9 Å². The Hall–Kier alpha value is -2.54. The molecule has 0 aliphatic carbocycles. The van der Waals surface area contributed by atoms with E-state index in [0.717, 1.165) is 29.2 Å². The Kier molecular flexibility index (Phi) is 5.70. The van der Waals surface area contributed by atoms with Gasteiger partial charge in [-0.3, -0.25) is 9.78 Å². The second-order valence-electron chi connectivity index (χ2n) is 7.24. The molecule has 3 rings (SSSR count). The molecule has 7 nitrogen and oxygen atoms in total. The maximum atomic E-state index is 12.8. The second-order valence-corrected chi connectivity index (χ2v) is 7.24. The SMILES string of the molecule is CC(C)O[C@H](C)C(=O)N1CCc2c(nc(-c3ccccn3)nc2N(C)C)C1. The summed E-state index contributed by atoms with van der Waals surface area (Å²) in [5.41, 5.74) is 2.70. The minimum absolute atomic E-state index is 0.00116. The fraction of sp³-hybridized carbons (Fsp3) is 0.500. The van der Waals surface area contributed by atoms with Crippen LogP contribution in [0.3, 0.4) is 0 Å². The zero-order valence-electron chi connectivity index (χ0n) is 16.6. The van der Waals surface area contributed by atoms with Crippen LogP contribution in [0.1, 0.15) is 32.0 Å². The number of carbonyl (C=O) groups excluding carboxylic acids is 1. The molecule has 0 saturated heterocycles. The first-order valence-corrected chi connectivity index (χ1v) is 9.29. The second kappa shape index (κ2) is 8.00. The lowest BCUT2D eigenvalue weighted by molar-refractivity contribution is -0.146. The molecule has 0 unspecified atom stereocenters. The quantitative estimate of drug-likeness (QED) is 0.805. The number of hydrogen-bond acceptors (Lipinski definition) is 6. The molecule has 3 heterocycles. The van der Waals surface area contributed by atoms with Crippen LogP contribution in [0, 0.1) is 0 Å². The number of pyridine rings is 1. The highest BCUT2D eigenvalue weighted by Crippen LogP contribution is 2.28. The standard InChI is InChI=1S/C20H27N5O2/c1-13(2)27-14(3)20(26)25-11-9-15-17(12-25)22-18(23-19(15)24(4)5)16-8-6-7-10-21-16/h6-8,10,13-14H,9,11-12H2,1-5H3/t14-/m1/s1. The van der Waals surface area contributed by atoms with E-state index in [2.05, 4.69) is 4.98 Å². The van der Waals surface area contributed by atoms with E-state index in [1.54, 1.807) is 6.20 Å². The Balaban J connectivity index is 1.92. The molecule has 0 N–H and O–H groups in total. The summed E-state index contributed by atoms with van der Waals surface area (Å²) >= 11 is 0. The maximum Gasteiger partial charge on any atom is 0.251 e. The molecule has 7 heteroatoms. The van der Waals surface area contributed by atoms with Gasteiger partial charge in [-0.2, -0.15) is 0 Å². The van der Waals surface area contributed by atoms with Gasteiger partial charge in [0.25, 0.3) is 5.91 Å². The van der Waals surface area contributed by atoms with Crippen LogP contribution in [0.15, 0.2) is 24.4 Å². The molecular formula is C20H27N5O2. The summed E-state index contributed by atoms with van der Waals surface area (Å²) in [4.78, 5) is 30.4. The molecule has 0 radical (unpaired) electrons. The number of anilines is 1. The third-order valence-electron chi connectivity index (χ3n) is 4.50. The Bertz CT molecular complexity index is 808. The van der Waals surface area contributed by atoms with Crippen molar-refractivity contribution in [1.82, 2.24) is 19.9 Å². The van der Waals surface area contributed by atoms with Gasteiger partial charge in [0.15, 0.2) is 5.82 Å². The van der Waals surface area contributed by atoms with Gasteiger partial charge in [-0.15, -0.1) is 0 Å². The van der Waals surface area contributed by atoms with Crippen LogP contribution < -0.4 is 4.90 Å². The molecule has 0 saturated carbocycles. The topological polar surface area (TPSA) is 71.5 Å². The lowest BCUT2D eigenvalue weighted by Gasteiger charge is -2.32. The smallest absolute Gasteiger partial charge is 0.251 e. The van der Waals surface area contributed by atoms with Gasteiger partial charge in [0.1, 0.15) is 17.6 Å². The summed E-state index contributed by atoms with van der Waals surface area (Å²) in [5, 5.41) is 0. The van der Waals surface area contributed by atoms with E-state index < -0.39 is 6.10 Å². The minimum Gasteiger partial charge on any atom is -0.366 e. The van der Waals surface area contributed by atoms with Gasteiger partial charge in [0.05, 0.1) is 18.3 Å². The van der Waals surface area contributed by atoms with Crippen LogP contribution in [-0.2, 0) is 22.5 Å². The summed E-state index contributed by atoms with van der Waals surface area (Å²) < 4.78 is 5.67. The Morgan fingerprint density at radius 2 is 2.00 bits per heavy atom. The number of nitrogens with zero attached hydrogens (tertiary/aromatic N) is 5. The molecule has 1 amide bonds. The van der Waals surface area contributed by atoms with Crippen LogP contribution in [-0.4, -0.2) is 58.6 Å². The first-order valence-electron chi connectivity index (χ1n) is 9.29. The number of ether oxygens (including phenoxy) is 1. The number of carbonyl (C=O) groups is 1. The zero-order chi connectivity index (χ0) is 19.6. The van der Waals surface area contributed by atoms with Crippen molar-refractivity contribution in [3.63, 3.8) is 0 Å². The molecular weight excluding hydrogens is 342 g/mol. The number of fused-ring (bicyclic) bond motifs is 1. The first-order chi connectivity index (χ1) is 12.9. The predicted molar refractivity (Wildman–Crippen MR) is 104 cm³/mol. The van der Waals surface area contributed by atoms with Crippen molar-refractivity contribution >= 4 is 11.7 Å². The Morgan fingerprint density at radius 3 is 2.63 bits per heavy atom. The summed E-state index contributed by atoms with van der Waals surface area (Å²) in [5.74, 6) is 1.47. The summed E-state index contributed by atoms with van der Waals surface area (Å²) in [6, 6.07) is 5.68. The molecule has 0 aromatic carbocycles. The molecule has 1 aliphatic rings. The van der Waals surface area contributed by atoms with Gasteiger partial charge in [0.2, 0.25) is 0 Å². The van der Waals surface area contributed by atoms with Gasteiger partial charge in [-0.25, -0.2) is 9.97 Å². The normalized spacial score (nSPS) is 14.8. The minimum atomic E-state index is -0.461. The van der Waals surface area contributed by atoms with Crippen molar-refractivity contribution in [2.75, 3.05) is 25.5 Å². The average molecular weight is 369 g/mol. The highest BCUT2D eigenvalue weighted by molar-refractivity contribution is 5.81. The van der Waals surface area contributed by atoms with Crippen molar-refractivity contribution in [3.05, 3.63) is 35.7 Å². The van der Waals surface area contributed by atoms with E-state index >= 15 is 0 Å². The molecule has 1 atom stereocenters. The lowest BCUT2D eigenvalue weighted by atomic mass is 10.0. The number of hydrogen-bond donors (Lipinski definition) is 0. The van der Waals surface area contributed by atoms with Crippen LogP contribution >= 0.6 is 0 Å². The van der Waals surface area contributed by atoms with Gasteiger partial charge in [-0.1, -0.05) is 6.07 Å². The fourth-order valence-electron chi connectivity index (χ4n) is 3.30. The maximum absolute atomic E-state index is 12.8. The van der Waals surface area contributed by atoms with Gasteiger partial charge in [0, 0.05) is 32.4 Å². The van der Waals surface area contributed by atoms with Crippen LogP contribution in [0.2, 0.25) is 0 Å². The van der Waals surface area contributed by atoms with Crippen molar-refractivity contribution in [2.24, 2.45) is 0 Å². The predicted octanol–water partition coefficient (Wildman–Crippen LogP) is 2.30. The zero-order valence-corrected chi connectivity index (χ0v) is 16.6. The molecule has 27 heavy (non-hydrogen) atoms. The third kappa shape index (κ3) is 4.24. The molecule has 0 bridgehead atoms. The number of amides is 1. The van der Waals surface area contributed by atoms with E-state index in [9.17, 15) is 4.79 Å². The van der Waals surface area contributed by atoms with Crippen LogP contribution in [0.25, 0.3) is 11.5 Å². The Morgan fingerprint density at radius 1 is 1.22 bits per heavy atom. The highest BCUT2D eigenvalue weighted by Gasteiger charge is 2.29. The van der Waals surface area contributed by atoms with Crippen molar-refractivity contribution < 1.29 is 9.53 Å². The van der Waals surface area contributed by atoms with E-state index in [-0.39, 0.29) is 12.0 Å². The van der Waals surface area contributed by atoms with E-state index in [1.165, 1.54) is 0 Å². The largest absolute Gasteiger partial charge is 0.366 e. The van der Waals surface area contributed by atoms with E-state index in [4.69, 9.17) is 14.7 Å². The molecule has 2 aromatic rings. The monoisotopic (exact) mass is 369 g/mol. The average Bonchev–Trinajstić information content (AvgIpc) is 2.66. The third-order valence-corrected chi connectivity index (χ3v) is 4.50. The number of rotatable bonds is 5. The van der Waals surface area contributed by atoms with Crippen molar-refractivity contribution in [2.45, 2.75) is 45.9 Å². The molecule has 1 aliphatic heterocycles. The first kappa shape index (κ1) is 19.2. The Labute approximate surface area is 160 Å². The highest BCUT2D eigenvalue weighted by atomic mass is 16.5. The van der Waals surface area contributed by atoms with Gasteiger partial charge in [-0.05, 0) is 39.3 Å². The van der Waals surface area contributed by atoms with Gasteiger partial charge >= 0.3 is 0 Å². The van der Waals surface area contributed by atoms with Crippen molar-refractivity contribution in [3.8, 4) is 11.5 Å². The molecule has 0 spiro atoms. The van der Waals surface area contributed by atoms with E-state index in [1.807, 2.05) is 62.9 Å². The summed E-state index contributed by atoms with van der Waals surface area (Å²) in [6.07, 6.45) is 2.01. The lowest BCUT2D eigenvalue weighted by Crippen LogP contribution is -2.43. The van der Waals surface area contributed by atoms with Gasteiger partial charge < -0.3 is 14.5 Å². The molecule has 0 fully saturated rings. The number of aromatic nitrogens is 3. The van der Waals surface area contributed by atoms with Crippen molar-refractivity contribution in [1.29, 1.82) is 0 Å². The summed E-state index contributed by atoms with van der Waals surface area (Å²) in [7, 11) is 3.95. The molecule has 2 aromatic heterocycles. The van der Waals surface area contributed by atoms with Crippen LogP contribution in [0.4, 0.5) is 5.82 Å².